The molecule has 0 amide bonds. The summed E-state index contributed by atoms with van der Waals surface area (Å²) < 4.78 is 14.9. The van der Waals surface area contributed by atoms with Gasteiger partial charge in [0.2, 0.25) is 0 Å². The second-order valence-electron chi connectivity index (χ2n) is 13.7. The van der Waals surface area contributed by atoms with Gasteiger partial charge in [0.1, 0.15) is 11.0 Å². The van der Waals surface area contributed by atoms with Crippen LogP contribution in [0, 0.1) is 11.8 Å². The maximum Gasteiger partial charge on any atom is 0.114 e. The molecule has 248 valence electrons. The SMILES string of the molecule is CC(C)CN(C)c1ccc(-c2cc3sc(-c4ccc(-c5cc6sc(-c7ccc(N(C)CC(C)C)cc7)cc6s5)c5nsnc45)cc3s2)cc1. The van der Waals surface area contributed by atoms with E-state index in [4.69, 9.17) is 8.75 Å². The summed E-state index contributed by atoms with van der Waals surface area (Å²) in [7, 11) is 4.34. The molecule has 0 aliphatic heterocycles. The van der Waals surface area contributed by atoms with E-state index in [0.717, 1.165) is 24.1 Å². The number of anilines is 2. The molecule has 0 atom stereocenters. The Labute approximate surface area is 308 Å². The zero-order valence-corrected chi connectivity index (χ0v) is 32.6. The predicted molar refractivity (Wildman–Crippen MR) is 222 cm³/mol. The molecular formula is C40H38N4S5. The fourth-order valence-corrected chi connectivity index (χ4v) is 12.0. The van der Waals surface area contributed by atoms with Gasteiger partial charge in [0, 0.05) is 88.0 Å². The van der Waals surface area contributed by atoms with Crippen molar-refractivity contribution in [2.45, 2.75) is 27.7 Å². The number of thiophene rings is 4. The molecule has 0 saturated carbocycles. The first-order chi connectivity index (χ1) is 23.7. The molecule has 8 rings (SSSR count). The van der Waals surface area contributed by atoms with Crippen molar-refractivity contribution in [3.05, 3.63) is 84.9 Å². The van der Waals surface area contributed by atoms with Crippen molar-refractivity contribution in [3.8, 4) is 41.8 Å². The van der Waals surface area contributed by atoms with Crippen molar-refractivity contribution in [1.82, 2.24) is 8.75 Å². The van der Waals surface area contributed by atoms with Crippen LogP contribution in [-0.2, 0) is 0 Å². The molecule has 8 aromatic rings. The molecule has 5 aromatic heterocycles. The van der Waals surface area contributed by atoms with Crippen LogP contribution in [-0.4, -0.2) is 35.9 Å². The fraction of sp³-hybridized carbons (Fsp3) is 0.250. The molecule has 9 heteroatoms. The van der Waals surface area contributed by atoms with Gasteiger partial charge in [-0.2, -0.15) is 8.75 Å². The second-order valence-corrected chi connectivity index (χ2v) is 18.5. The Morgan fingerprint density at radius 2 is 0.837 bits per heavy atom. The third kappa shape index (κ3) is 6.43. The number of rotatable bonds is 10. The highest BCUT2D eigenvalue weighted by Crippen LogP contribution is 2.47. The summed E-state index contributed by atoms with van der Waals surface area (Å²) in [5.41, 5.74) is 9.42. The van der Waals surface area contributed by atoms with Gasteiger partial charge in [-0.05, 0) is 71.5 Å². The smallest absolute Gasteiger partial charge is 0.114 e. The summed E-state index contributed by atoms with van der Waals surface area (Å²) >= 11 is 8.75. The minimum absolute atomic E-state index is 0.638. The van der Waals surface area contributed by atoms with E-state index in [2.05, 4.69) is 137 Å². The van der Waals surface area contributed by atoms with Gasteiger partial charge in [-0.15, -0.1) is 45.3 Å². The Bertz CT molecular complexity index is 2160. The van der Waals surface area contributed by atoms with Crippen LogP contribution in [0.3, 0.4) is 0 Å². The fourth-order valence-electron chi connectivity index (χ4n) is 6.55. The number of nitrogens with zero attached hydrogens (tertiary/aromatic N) is 4. The molecule has 0 N–H and O–H groups in total. The predicted octanol–water partition coefficient (Wildman–Crippen LogP) is 13.1. The topological polar surface area (TPSA) is 32.3 Å². The van der Waals surface area contributed by atoms with Crippen molar-refractivity contribution >= 4 is 98.3 Å². The molecule has 3 aromatic carbocycles. The number of hydrogen-bond acceptors (Lipinski definition) is 9. The van der Waals surface area contributed by atoms with Crippen LogP contribution in [0.4, 0.5) is 11.4 Å². The van der Waals surface area contributed by atoms with E-state index in [1.54, 1.807) is 0 Å². The van der Waals surface area contributed by atoms with Gasteiger partial charge in [0.05, 0.1) is 11.7 Å². The number of fused-ring (bicyclic) bond motifs is 3. The van der Waals surface area contributed by atoms with Gasteiger partial charge in [-0.1, -0.05) is 64.1 Å². The molecule has 0 saturated heterocycles. The first kappa shape index (κ1) is 32.6. The minimum atomic E-state index is 0.638. The van der Waals surface area contributed by atoms with E-state index in [1.165, 1.54) is 83.7 Å². The highest BCUT2D eigenvalue weighted by Gasteiger charge is 2.19. The average Bonchev–Trinajstić information content (AvgIpc) is 3.90. The van der Waals surface area contributed by atoms with Crippen molar-refractivity contribution in [2.24, 2.45) is 11.8 Å². The lowest BCUT2D eigenvalue weighted by molar-refractivity contribution is 0.638. The monoisotopic (exact) mass is 734 g/mol. The van der Waals surface area contributed by atoms with E-state index in [1.807, 2.05) is 45.3 Å². The van der Waals surface area contributed by atoms with Crippen LogP contribution in [0.15, 0.2) is 84.9 Å². The standard InChI is InChI=1S/C40H38N4S5/c1-23(2)21-43(5)27-11-7-25(8-12-27)31-17-35-37(45-31)19-33(47-35)29-15-16-30(40-39(29)41-49-42-40)34-20-38-36(48-34)18-32(46-38)26-9-13-28(14-10-26)44(6)22-24(3)4/h7-20,23-24H,21-22H2,1-6H3. The lowest BCUT2D eigenvalue weighted by Crippen LogP contribution is -2.22. The third-order valence-electron chi connectivity index (χ3n) is 8.82. The Kier molecular flexibility index (Phi) is 8.82. The quantitative estimate of drug-likeness (QED) is 0.140. The Morgan fingerprint density at radius 1 is 0.490 bits per heavy atom. The molecule has 0 fully saturated rings. The molecule has 0 radical (unpaired) electrons. The van der Waals surface area contributed by atoms with Gasteiger partial charge < -0.3 is 9.80 Å². The van der Waals surface area contributed by atoms with Crippen molar-refractivity contribution in [3.63, 3.8) is 0 Å². The third-order valence-corrected chi connectivity index (χ3v) is 14.1. The zero-order valence-electron chi connectivity index (χ0n) is 28.5. The summed E-state index contributed by atoms with van der Waals surface area (Å²) in [6.45, 7) is 11.2. The molecule has 0 aliphatic carbocycles. The van der Waals surface area contributed by atoms with E-state index >= 15 is 0 Å². The molecule has 49 heavy (non-hydrogen) atoms. The summed E-state index contributed by atoms with van der Waals surface area (Å²) in [5.74, 6) is 1.28. The normalized spacial score (nSPS) is 12.0. The summed E-state index contributed by atoms with van der Waals surface area (Å²) in [4.78, 5) is 9.79. The van der Waals surface area contributed by atoms with Gasteiger partial charge in [-0.25, -0.2) is 0 Å². The summed E-state index contributed by atoms with van der Waals surface area (Å²) in [6, 6.07) is 31.9. The molecule has 0 unspecified atom stereocenters. The molecular weight excluding hydrogens is 697 g/mol. The van der Waals surface area contributed by atoms with Gasteiger partial charge in [0.15, 0.2) is 0 Å². The molecule has 5 heterocycles. The molecule has 0 spiro atoms. The van der Waals surface area contributed by atoms with Crippen molar-refractivity contribution in [2.75, 3.05) is 37.0 Å². The molecule has 4 nitrogen and oxygen atoms in total. The highest BCUT2D eigenvalue weighted by molar-refractivity contribution is 7.31. The first-order valence-electron chi connectivity index (χ1n) is 16.7. The van der Waals surface area contributed by atoms with Gasteiger partial charge >= 0.3 is 0 Å². The first-order valence-corrected chi connectivity index (χ1v) is 20.7. The van der Waals surface area contributed by atoms with Crippen LogP contribution in [0.5, 0.6) is 0 Å². The van der Waals surface area contributed by atoms with Crippen LogP contribution < -0.4 is 9.80 Å². The Hall–Kier alpha value is -3.60. The van der Waals surface area contributed by atoms with Gasteiger partial charge in [0.25, 0.3) is 0 Å². The van der Waals surface area contributed by atoms with E-state index < -0.39 is 0 Å². The maximum atomic E-state index is 4.81. The summed E-state index contributed by atoms with van der Waals surface area (Å²) in [6.07, 6.45) is 0. The van der Waals surface area contributed by atoms with E-state index in [0.29, 0.717) is 11.8 Å². The number of benzene rings is 3. The Morgan fingerprint density at radius 3 is 1.20 bits per heavy atom. The average molecular weight is 735 g/mol. The Balaban J connectivity index is 1.03. The molecule has 0 aliphatic rings. The number of hydrogen-bond donors (Lipinski definition) is 0. The second kappa shape index (κ2) is 13.3. The number of aromatic nitrogens is 2. The maximum absolute atomic E-state index is 4.81. The highest BCUT2D eigenvalue weighted by atomic mass is 32.1. The molecule has 0 bridgehead atoms. The van der Waals surface area contributed by atoms with Crippen molar-refractivity contribution in [1.29, 1.82) is 0 Å². The van der Waals surface area contributed by atoms with Gasteiger partial charge in [-0.3, -0.25) is 0 Å². The lowest BCUT2D eigenvalue weighted by atomic mass is 10.1. The van der Waals surface area contributed by atoms with Crippen LogP contribution >= 0.6 is 57.1 Å². The van der Waals surface area contributed by atoms with Crippen molar-refractivity contribution < 1.29 is 0 Å². The van der Waals surface area contributed by atoms with Crippen LogP contribution in [0.1, 0.15) is 27.7 Å². The van der Waals surface area contributed by atoms with E-state index in [-0.39, 0.29) is 0 Å². The lowest BCUT2D eigenvalue weighted by Gasteiger charge is -2.21. The van der Waals surface area contributed by atoms with Crippen LogP contribution in [0.25, 0.3) is 71.6 Å². The summed E-state index contributed by atoms with van der Waals surface area (Å²) in [5, 5.41) is 0. The van der Waals surface area contributed by atoms with Crippen LogP contribution in [0.2, 0.25) is 0 Å². The zero-order chi connectivity index (χ0) is 33.8. The largest absolute Gasteiger partial charge is 0.374 e. The minimum Gasteiger partial charge on any atom is -0.374 e. The van der Waals surface area contributed by atoms with E-state index in [9.17, 15) is 0 Å².